The van der Waals surface area contributed by atoms with Gasteiger partial charge in [0.2, 0.25) is 5.91 Å². The lowest BCUT2D eigenvalue weighted by molar-refractivity contribution is -0.131. The second kappa shape index (κ2) is 10.7. The third-order valence-electron chi connectivity index (χ3n) is 5.01. The SMILES string of the molecule is CN=C(NCCC(=O)N1CCN(c2ccccc2)CC1)NCc1ccccc1Cl. The van der Waals surface area contributed by atoms with E-state index < -0.39 is 0 Å². The number of nitrogens with zero attached hydrogens (tertiary/aromatic N) is 3. The summed E-state index contributed by atoms with van der Waals surface area (Å²) in [7, 11) is 1.71. The van der Waals surface area contributed by atoms with Gasteiger partial charge in [0.25, 0.3) is 0 Å². The number of hydrogen-bond acceptors (Lipinski definition) is 3. The van der Waals surface area contributed by atoms with E-state index in [-0.39, 0.29) is 5.91 Å². The number of rotatable bonds is 6. The second-order valence-corrected chi connectivity index (χ2v) is 7.30. The highest BCUT2D eigenvalue weighted by Gasteiger charge is 2.20. The van der Waals surface area contributed by atoms with E-state index in [1.54, 1.807) is 7.05 Å². The normalized spacial score (nSPS) is 14.6. The van der Waals surface area contributed by atoms with Gasteiger partial charge in [0.1, 0.15) is 0 Å². The van der Waals surface area contributed by atoms with E-state index in [1.807, 2.05) is 47.4 Å². The van der Waals surface area contributed by atoms with Gasteiger partial charge in [-0.1, -0.05) is 48.0 Å². The largest absolute Gasteiger partial charge is 0.368 e. The Kier molecular flexibility index (Phi) is 7.76. The lowest BCUT2D eigenvalue weighted by Gasteiger charge is -2.36. The Morgan fingerprint density at radius 2 is 1.69 bits per heavy atom. The molecule has 6 nitrogen and oxygen atoms in total. The predicted molar refractivity (Wildman–Crippen MR) is 120 cm³/mol. The van der Waals surface area contributed by atoms with Crippen LogP contribution in [0.25, 0.3) is 0 Å². The minimum absolute atomic E-state index is 0.173. The number of nitrogens with one attached hydrogen (secondary N) is 2. The Labute approximate surface area is 177 Å². The van der Waals surface area contributed by atoms with Gasteiger partial charge in [0, 0.05) is 63.4 Å². The van der Waals surface area contributed by atoms with Crippen molar-refractivity contribution in [2.45, 2.75) is 13.0 Å². The van der Waals surface area contributed by atoms with Crippen LogP contribution < -0.4 is 15.5 Å². The van der Waals surface area contributed by atoms with E-state index in [9.17, 15) is 4.79 Å². The first-order valence-corrected chi connectivity index (χ1v) is 10.3. The zero-order valence-electron chi connectivity index (χ0n) is 16.8. The van der Waals surface area contributed by atoms with Gasteiger partial charge in [-0.15, -0.1) is 0 Å². The summed E-state index contributed by atoms with van der Waals surface area (Å²) in [4.78, 5) is 21.0. The quantitative estimate of drug-likeness (QED) is 0.564. The molecule has 2 N–H and O–H groups in total. The summed E-state index contributed by atoms with van der Waals surface area (Å²) in [6.45, 7) is 4.36. The van der Waals surface area contributed by atoms with E-state index in [0.717, 1.165) is 36.8 Å². The summed E-state index contributed by atoms with van der Waals surface area (Å²) in [6, 6.07) is 18.0. The molecule has 0 bridgehead atoms. The molecule has 0 unspecified atom stereocenters. The average Bonchev–Trinajstić information content (AvgIpc) is 2.77. The van der Waals surface area contributed by atoms with Gasteiger partial charge >= 0.3 is 0 Å². The molecule has 0 radical (unpaired) electrons. The summed E-state index contributed by atoms with van der Waals surface area (Å²) in [6.07, 6.45) is 0.443. The molecule has 1 aliphatic rings. The molecule has 2 aromatic carbocycles. The standard InChI is InChI=1S/C22H28ClN5O/c1-24-22(26-17-18-7-5-6-10-20(18)23)25-12-11-21(29)28-15-13-27(14-16-28)19-8-3-2-4-9-19/h2-10H,11-17H2,1H3,(H2,24,25,26). The molecule has 1 fully saturated rings. The highest BCUT2D eigenvalue weighted by Crippen LogP contribution is 2.16. The first-order chi connectivity index (χ1) is 14.2. The monoisotopic (exact) mass is 413 g/mol. The number of carbonyl (C=O) groups excluding carboxylic acids is 1. The van der Waals surface area contributed by atoms with Crippen molar-refractivity contribution in [2.24, 2.45) is 4.99 Å². The molecule has 1 amide bonds. The third-order valence-corrected chi connectivity index (χ3v) is 5.38. The summed E-state index contributed by atoms with van der Waals surface area (Å²) in [5, 5.41) is 7.15. The molecule has 0 saturated carbocycles. The number of hydrogen-bond donors (Lipinski definition) is 2. The van der Waals surface area contributed by atoms with Crippen molar-refractivity contribution in [3.63, 3.8) is 0 Å². The van der Waals surface area contributed by atoms with Crippen molar-refractivity contribution in [3.8, 4) is 0 Å². The Hall–Kier alpha value is -2.73. The lowest BCUT2D eigenvalue weighted by atomic mass is 10.2. The summed E-state index contributed by atoms with van der Waals surface area (Å²) in [5.41, 5.74) is 2.22. The van der Waals surface area contributed by atoms with E-state index in [0.29, 0.717) is 25.5 Å². The van der Waals surface area contributed by atoms with Crippen molar-refractivity contribution in [1.29, 1.82) is 0 Å². The van der Waals surface area contributed by atoms with Crippen molar-refractivity contribution in [3.05, 3.63) is 65.2 Å². The Morgan fingerprint density at radius 1 is 1.00 bits per heavy atom. The van der Waals surface area contributed by atoms with Gasteiger partial charge in [0.15, 0.2) is 5.96 Å². The molecule has 0 spiro atoms. The third kappa shape index (κ3) is 6.12. The fourth-order valence-electron chi connectivity index (χ4n) is 3.34. The maximum Gasteiger partial charge on any atom is 0.224 e. The number of piperazine rings is 1. The molecule has 29 heavy (non-hydrogen) atoms. The van der Waals surface area contributed by atoms with Crippen molar-refractivity contribution in [1.82, 2.24) is 15.5 Å². The molecule has 1 aliphatic heterocycles. The molecule has 0 aliphatic carbocycles. The Morgan fingerprint density at radius 3 is 2.38 bits per heavy atom. The van der Waals surface area contributed by atoms with Crippen LogP contribution in [0.5, 0.6) is 0 Å². The number of guanidine groups is 1. The number of para-hydroxylation sites is 1. The van der Waals surface area contributed by atoms with Crippen LogP contribution in [0.3, 0.4) is 0 Å². The van der Waals surface area contributed by atoms with Crippen LogP contribution in [0, 0.1) is 0 Å². The Bertz CT molecular complexity index is 819. The first-order valence-electron chi connectivity index (χ1n) is 9.93. The molecule has 1 heterocycles. The van der Waals surface area contributed by atoms with Crippen LogP contribution >= 0.6 is 11.6 Å². The maximum atomic E-state index is 12.5. The van der Waals surface area contributed by atoms with Crippen LogP contribution in [-0.4, -0.2) is 56.5 Å². The molecule has 154 valence electrons. The van der Waals surface area contributed by atoms with Gasteiger partial charge in [-0.2, -0.15) is 0 Å². The van der Waals surface area contributed by atoms with E-state index in [1.165, 1.54) is 5.69 Å². The molecule has 0 atom stereocenters. The van der Waals surface area contributed by atoms with Crippen molar-refractivity contribution in [2.75, 3.05) is 44.7 Å². The van der Waals surface area contributed by atoms with Crippen LogP contribution in [0.15, 0.2) is 59.6 Å². The van der Waals surface area contributed by atoms with E-state index in [4.69, 9.17) is 11.6 Å². The Balaban J connectivity index is 1.37. The number of benzene rings is 2. The highest BCUT2D eigenvalue weighted by molar-refractivity contribution is 6.31. The lowest BCUT2D eigenvalue weighted by Crippen LogP contribution is -2.49. The predicted octanol–water partition coefficient (Wildman–Crippen LogP) is 2.74. The van der Waals surface area contributed by atoms with Crippen LogP contribution in [-0.2, 0) is 11.3 Å². The molecule has 0 aromatic heterocycles. The first kappa shape index (κ1) is 21.0. The minimum Gasteiger partial charge on any atom is -0.368 e. The van der Waals surface area contributed by atoms with Crippen LogP contribution in [0.2, 0.25) is 5.02 Å². The van der Waals surface area contributed by atoms with Gasteiger partial charge in [0.05, 0.1) is 0 Å². The summed E-state index contributed by atoms with van der Waals surface area (Å²) < 4.78 is 0. The zero-order chi connectivity index (χ0) is 20.5. The molecule has 7 heteroatoms. The number of amides is 1. The highest BCUT2D eigenvalue weighted by atomic mass is 35.5. The number of anilines is 1. The molecule has 2 aromatic rings. The fourth-order valence-corrected chi connectivity index (χ4v) is 3.54. The summed E-state index contributed by atoms with van der Waals surface area (Å²) >= 11 is 6.18. The molecule has 1 saturated heterocycles. The number of carbonyl (C=O) groups is 1. The summed E-state index contributed by atoms with van der Waals surface area (Å²) in [5.74, 6) is 0.832. The molecular weight excluding hydrogens is 386 g/mol. The van der Waals surface area contributed by atoms with Crippen LogP contribution in [0.1, 0.15) is 12.0 Å². The van der Waals surface area contributed by atoms with E-state index in [2.05, 4.69) is 32.7 Å². The smallest absolute Gasteiger partial charge is 0.224 e. The van der Waals surface area contributed by atoms with Gasteiger partial charge in [-0.25, -0.2) is 0 Å². The van der Waals surface area contributed by atoms with Crippen molar-refractivity contribution >= 4 is 29.2 Å². The van der Waals surface area contributed by atoms with Crippen molar-refractivity contribution < 1.29 is 4.79 Å². The second-order valence-electron chi connectivity index (χ2n) is 6.90. The maximum absolute atomic E-state index is 12.5. The average molecular weight is 414 g/mol. The minimum atomic E-state index is 0.173. The van der Waals surface area contributed by atoms with Crippen LogP contribution in [0.4, 0.5) is 5.69 Å². The number of halogens is 1. The molecular formula is C22H28ClN5O. The van der Waals surface area contributed by atoms with Gasteiger partial charge in [-0.3, -0.25) is 9.79 Å². The van der Waals surface area contributed by atoms with E-state index >= 15 is 0 Å². The zero-order valence-corrected chi connectivity index (χ0v) is 17.5. The fraction of sp³-hybridized carbons (Fsp3) is 0.364. The number of aliphatic imine (C=N–C) groups is 1. The van der Waals surface area contributed by atoms with Gasteiger partial charge < -0.3 is 20.4 Å². The molecule has 3 rings (SSSR count). The van der Waals surface area contributed by atoms with Gasteiger partial charge in [-0.05, 0) is 23.8 Å². The topological polar surface area (TPSA) is 60.0 Å².